The predicted octanol–water partition coefficient (Wildman–Crippen LogP) is 3.32. The number of carbonyl (C=O) groups is 1. The Morgan fingerprint density at radius 3 is 2.91 bits per heavy atom. The minimum absolute atomic E-state index is 0.188. The second-order valence-electron chi connectivity index (χ2n) is 7.07. The Bertz CT molecular complexity index is 1320. The smallest absolute Gasteiger partial charge is 0.251 e. The van der Waals surface area contributed by atoms with Crippen LogP contribution in [0.1, 0.15) is 34.1 Å². The highest BCUT2D eigenvalue weighted by Gasteiger charge is 2.14. The minimum Gasteiger partial charge on any atom is -0.493 e. The Kier molecular flexibility index (Phi) is 6.10. The van der Waals surface area contributed by atoms with Gasteiger partial charge in [0.15, 0.2) is 0 Å². The number of nitrogens with one attached hydrogen (secondary N) is 2. The number of aromatic amines is 1. The molecule has 2 aromatic heterocycles. The number of nitriles is 1. The molecule has 0 atom stereocenters. The van der Waals surface area contributed by atoms with Gasteiger partial charge in [-0.1, -0.05) is 12.1 Å². The highest BCUT2D eigenvalue weighted by molar-refractivity contribution is 5.96. The van der Waals surface area contributed by atoms with Crippen LogP contribution in [0.5, 0.6) is 5.75 Å². The highest BCUT2D eigenvalue weighted by atomic mass is 16.5. The third-order valence-electron chi connectivity index (χ3n) is 5.08. The zero-order valence-corrected chi connectivity index (χ0v) is 17.4. The number of hydrogen-bond acceptors (Lipinski definition) is 6. The van der Waals surface area contributed by atoms with Crippen molar-refractivity contribution in [2.24, 2.45) is 0 Å². The van der Waals surface area contributed by atoms with Crippen molar-refractivity contribution >= 4 is 16.8 Å². The van der Waals surface area contributed by atoms with Crippen LogP contribution in [0.2, 0.25) is 0 Å². The Morgan fingerprint density at radius 2 is 2.12 bits per heavy atom. The average molecular weight is 427 g/mol. The number of amides is 1. The van der Waals surface area contributed by atoms with Crippen molar-refractivity contribution in [3.8, 4) is 22.9 Å². The van der Waals surface area contributed by atoms with E-state index in [-0.39, 0.29) is 19.1 Å². The summed E-state index contributed by atoms with van der Waals surface area (Å²) in [4.78, 5) is 17.1. The van der Waals surface area contributed by atoms with Crippen LogP contribution in [-0.4, -0.2) is 32.8 Å². The zero-order chi connectivity index (χ0) is 22.5. The van der Waals surface area contributed by atoms with Crippen LogP contribution in [0.25, 0.3) is 22.0 Å². The standard InChI is InChI=1S/C24H21N5O3/c1-2-32-22-9-17(6-7-19(22)16-5-3-4-15(8-16)10-25)24(31)27-12-18-11-26-21(14-30)20-13-28-29-23(18)20/h3-9,11,13,30H,2,12,14H2,1H3,(H,27,31)(H,28,29). The van der Waals surface area contributed by atoms with E-state index in [9.17, 15) is 15.2 Å². The van der Waals surface area contributed by atoms with Gasteiger partial charge in [0.2, 0.25) is 0 Å². The number of aliphatic hydroxyl groups is 1. The van der Waals surface area contributed by atoms with Crippen molar-refractivity contribution in [1.82, 2.24) is 20.5 Å². The van der Waals surface area contributed by atoms with E-state index in [0.29, 0.717) is 29.2 Å². The minimum atomic E-state index is -0.262. The van der Waals surface area contributed by atoms with Crippen molar-refractivity contribution in [3.63, 3.8) is 0 Å². The van der Waals surface area contributed by atoms with Crippen molar-refractivity contribution < 1.29 is 14.6 Å². The molecule has 0 saturated carbocycles. The number of H-pyrrole nitrogens is 1. The van der Waals surface area contributed by atoms with Crippen LogP contribution in [-0.2, 0) is 13.2 Å². The Hall–Kier alpha value is -4.22. The summed E-state index contributed by atoms with van der Waals surface area (Å²) in [5.74, 6) is 0.308. The molecule has 0 aliphatic rings. The molecule has 8 heteroatoms. The number of aromatic nitrogens is 3. The van der Waals surface area contributed by atoms with Crippen molar-refractivity contribution in [1.29, 1.82) is 5.26 Å². The molecule has 2 heterocycles. The van der Waals surface area contributed by atoms with Gasteiger partial charge in [-0.05, 0) is 42.8 Å². The molecule has 8 nitrogen and oxygen atoms in total. The molecule has 4 rings (SSSR count). The summed E-state index contributed by atoms with van der Waals surface area (Å²) in [5.41, 5.74) is 4.68. The van der Waals surface area contributed by atoms with Crippen molar-refractivity contribution in [2.75, 3.05) is 6.61 Å². The molecule has 0 radical (unpaired) electrons. The number of rotatable bonds is 7. The lowest BCUT2D eigenvalue weighted by Crippen LogP contribution is -2.23. The van der Waals surface area contributed by atoms with Gasteiger partial charge in [-0.25, -0.2) is 0 Å². The summed E-state index contributed by atoms with van der Waals surface area (Å²) in [6, 6.07) is 14.6. The molecule has 0 aliphatic carbocycles. The van der Waals surface area contributed by atoms with E-state index in [0.717, 1.165) is 27.6 Å². The van der Waals surface area contributed by atoms with E-state index in [2.05, 4.69) is 26.6 Å². The first kappa shape index (κ1) is 21.0. The molecule has 0 bridgehead atoms. The fourth-order valence-electron chi connectivity index (χ4n) is 3.51. The van der Waals surface area contributed by atoms with Gasteiger partial charge < -0.3 is 15.2 Å². The van der Waals surface area contributed by atoms with Crippen LogP contribution in [0.3, 0.4) is 0 Å². The van der Waals surface area contributed by atoms with E-state index < -0.39 is 0 Å². The third kappa shape index (κ3) is 4.15. The molecule has 160 valence electrons. The van der Waals surface area contributed by atoms with Gasteiger partial charge in [-0.2, -0.15) is 10.4 Å². The number of nitrogens with zero attached hydrogens (tertiary/aromatic N) is 3. The van der Waals surface area contributed by atoms with Crippen LogP contribution < -0.4 is 10.1 Å². The number of hydrogen-bond donors (Lipinski definition) is 3. The molecule has 0 aliphatic heterocycles. The second kappa shape index (κ2) is 9.29. The van der Waals surface area contributed by atoms with Gasteiger partial charge >= 0.3 is 0 Å². The Labute approximate surface area is 184 Å². The lowest BCUT2D eigenvalue weighted by atomic mass is 10.0. The summed E-state index contributed by atoms with van der Waals surface area (Å²) in [7, 11) is 0. The number of benzene rings is 2. The van der Waals surface area contributed by atoms with Gasteiger partial charge in [-0.15, -0.1) is 0 Å². The second-order valence-corrected chi connectivity index (χ2v) is 7.07. The van der Waals surface area contributed by atoms with Crippen LogP contribution in [0.4, 0.5) is 0 Å². The van der Waals surface area contributed by atoms with Crippen LogP contribution in [0.15, 0.2) is 54.9 Å². The van der Waals surface area contributed by atoms with E-state index in [1.54, 1.807) is 36.7 Å². The molecule has 0 fully saturated rings. The maximum absolute atomic E-state index is 12.8. The molecular weight excluding hydrogens is 406 g/mol. The lowest BCUT2D eigenvalue weighted by molar-refractivity contribution is 0.0950. The summed E-state index contributed by atoms with van der Waals surface area (Å²) >= 11 is 0. The van der Waals surface area contributed by atoms with Crippen molar-refractivity contribution in [3.05, 3.63) is 77.2 Å². The first-order valence-electron chi connectivity index (χ1n) is 10.1. The zero-order valence-electron chi connectivity index (χ0n) is 17.4. The monoisotopic (exact) mass is 427 g/mol. The van der Waals surface area contributed by atoms with Gasteiger partial charge in [0.1, 0.15) is 5.75 Å². The molecule has 0 spiro atoms. The van der Waals surface area contributed by atoms with E-state index in [1.807, 2.05) is 25.1 Å². The topological polar surface area (TPSA) is 124 Å². The molecule has 2 aromatic carbocycles. The largest absolute Gasteiger partial charge is 0.493 e. The first-order chi connectivity index (χ1) is 15.6. The van der Waals surface area contributed by atoms with Gasteiger partial charge in [0.25, 0.3) is 5.91 Å². The summed E-state index contributed by atoms with van der Waals surface area (Å²) in [6.45, 7) is 2.37. The van der Waals surface area contributed by atoms with Gasteiger partial charge in [0, 0.05) is 34.8 Å². The predicted molar refractivity (Wildman–Crippen MR) is 119 cm³/mol. The molecule has 32 heavy (non-hydrogen) atoms. The number of ether oxygens (including phenoxy) is 1. The number of pyridine rings is 1. The van der Waals surface area contributed by atoms with Crippen LogP contribution in [0, 0.1) is 11.3 Å². The first-order valence-corrected chi connectivity index (χ1v) is 10.1. The van der Waals surface area contributed by atoms with E-state index >= 15 is 0 Å². The molecule has 3 N–H and O–H groups in total. The molecule has 1 amide bonds. The normalized spacial score (nSPS) is 10.7. The number of carbonyl (C=O) groups excluding carboxylic acids is 1. The summed E-state index contributed by atoms with van der Waals surface area (Å²) in [5, 5.41) is 29.1. The molecular formula is C24H21N5O3. The Morgan fingerprint density at radius 1 is 1.25 bits per heavy atom. The SMILES string of the molecule is CCOc1cc(C(=O)NCc2cnc(CO)c3cn[nH]c23)ccc1-c1cccc(C#N)c1. The average Bonchev–Trinajstić information content (AvgIpc) is 3.33. The Balaban J connectivity index is 1.57. The van der Waals surface area contributed by atoms with Crippen LogP contribution >= 0.6 is 0 Å². The maximum atomic E-state index is 12.8. The van der Waals surface area contributed by atoms with Gasteiger partial charge in [0.05, 0.1) is 42.3 Å². The fourth-order valence-corrected chi connectivity index (χ4v) is 3.51. The highest BCUT2D eigenvalue weighted by Crippen LogP contribution is 2.32. The number of fused-ring (bicyclic) bond motifs is 1. The molecule has 0 saturated heterocycles. The quantitative estimate of drug-likeness (QED) is 0.416. The maximum Gasteiger partial charge on any atom is 0.251 e. The molecule has 0 unspecified atom stereocenters. The lowest BCUT2D eigenvalue weighted by Gasteiger charge is -2.13. The number of aliphatic hydroxyl groups excluding tert-OH is 1. The fraction of sp³-hybridized carbons (Fsp3) is 0.167. The summed E-state index contributed by atoms with van der Waals surface area (Å²) < 4.78 is 5.78. The van der Waals surface area contributed by atoms with Crippen molar-refractivity contribution in [2.45, 2.75) is 20.1 Å². The van der Waals surface area contributed by atoms with E-state index in [1.165, 1.54) is 0 Å². The third-order valence-corrected chi connectivity index (χ3v) is 5.08. The molecule has 4 aromatic rings. The van der Waals surface area contributed by atoms with Gasteiger partial charge in [-0.3, -0.25) is 14.9 Å². The summed E-state index contributed by atoms with van der Waals surface area (Å²) in [6.07, 6.45) is 3.22. The van der Waals surface area contributed by atoms with E-state index in [4.69, 9.17) is 4.74 Å².